The number of allylic oxidation sites excluding steroid dienone is 1. The second-order valence-electron chi connectivity index (χ2n) is 13.7. The van der Waals surface area contributed by atoms with E-state index in [0.29, 0.717) is 34.5 Å². The quantitative estimate of drug-likeness (QED) is 0.0339. The van der Waals surface area contributed by atoms with Gasteiger partial charge in [-0.3, -0.25) is 34.0 Å². The Hall–Kier alpha value is -0.760. The van der Waals surface area contributed by atoms with E-state index in [1.54, 1.807) is 29.7 Å². The van der Waals surface area contributed by atoms with Crippen LogP contribution in [-0.4, -0.2) is 187 Å². The average molecular weight is 1360 g/mol. The summed E-state index contributed by atoms with van der Waals surface area (Å²) in [5.74, 6) is 16.1. The highest BCUT2D eigenvalue weighted by Gasteiger charge is 2.13. The van der Waals surface area contributed by atoms with Crippen LogP contribution in [0.25, 0.3) is 0 Å². The van der Waals surface area contributed by atoms with Crippen LogP contribution in [0, 0.1) is 0 Å². The topological polar surface area (TPSA) is 240 Å². The third-order valence-corrected chi connectivity index (χ3v) is 16.1. The lowest BCUT2D eigenvalue weighted by atomic mass is 10.5. The molecule has 17 nitrogen and oxygen atoms in total. The minimum absolute atomic E-state index is 0. The number of esters is 1. The van der Waals surface area contributed by atoms with Gasteiger partial charge in [0.05, 0.1) is 63.5 Å². The lowest BCUT2D eigenvalue weighted by molar-refractivity contribution is -0.137. The number of thioether (sulfide) groups is 7. The van der Waals surface area contributed by atoms with Crippen LogP contribution in [0.4, 0.5) is 0 Å². The van der Waals surface area contributed by atoms with E-state index in [9.17, 15) is 24.0 Å². The Balaban J connectivity index is -0.000000370. The fourth-order valence-corrected chi connectivity index (χ4v) is 10.7. The van der Waals surface area contributed by atoms with Crippen molar-refractivity contribution in [2.75, 3.05) is 115 Å². The maximum absolute atomic E-state index is 10.5. The SMILES string of the molecule is C.CC(C)O/C=C(\Br)C=O.COC(=O)CBr.CSC1=NCCSC1.Cl.Cl.NC1=NCCSC1.NCCS.O=C1CSCCN1.O=Cc1cn2c(n1)CSCC2.O=Cc1cnc2n1CCSC2.S=C1CSCCN1. The molecule has 0 aliphatic carbocycles. The first kappa shape index (κ1) is 78.7. The van der Waals surface area contributed by atoms with Gasteiger partial charge in [0.1, 0.15) is 40.5 Å². The number of rotatable bonds is 7. The Morgan fingerprint density at radius 2 is 1.49 bits per heavy atom. The normalized spacial score (nSPS) is 15.7. The van der Waals surface area contributed by atoms with Gasteiger partial charge in [0.2, 0.25) is 5.91 Å². The number of aryl methyl sites for hydroxylation is 1. The number of aromatic nitrogens is 4. The second-order valence-corrected chi connectivity index (χ2v) is 23.6. The number of aldehydes is 3. The maximum Gasteiger partial charge on any atom is 0.316 e. The molecular weight excluding hydrogens is 1290 g/mol. The molecule has 0 aromatic carbocycles. The Kier molecular flexibility index (Phi) is 58.9. The van der Waals surface area contributed by atoms with Gasteiger partial charge in [-0.1, -0.05) is 35.6 Å². The minimum atomic E-state index is -0.241. The summed E-state index contributed by atoms with van der Waals surface area (Å²) in [5, 5.41) is 7.40. The number of methoxy groups -OCH3 is 1. The molecule has 1 amide bonds. The fraction of sp³-hybridized carbons (Fsp3) is 0.628. The van der Waals surface area contributed by atoms with Gasteiger partial charge in [-0.15, -0.1) is 36.6 Å². The summed E-state index contributed by atoms with van der Waals surface area (Å²) in [6.45, 7) is 10.2. The number of hydrogen-bond donors (Lipinski definition) is 5. The molecule has 8 heterocycles. The lowest BCUT2D eigenvalue weighted by Gasteiger charge is -2.13. The zero-order chi connectivity index (χ0) is 52.2. The number of nitrogens with one attached hydrogen (secondary N) is 2. The van der Waals surface area contributed by atoms with Gasteiger partial charge in [0, 0.05) is 97.2 Å². The zero-order valence-corrected chi connectivity index (χ0v) is 53.1. The van der Waals surface area contributed by atoms with Gasteiger partial charge in [0.25, 0.3) is 0 Å². The van der Waals surface area contributed by atoms with Crippen molar-refractivity contribution < 1.29 is 33.4 Å². The molecule has 420 valence electrons. The number of carbonyl (C=O) groups is 5. The molecular formula is C43H74Br2Cl2N10O7S9. The molecule has 2 fully saturated rings. The van der Waals surface area contributed by atoms with Crippen LogP contribution in [-0.2, 0) is 48.5 Å². The molecule has 0 atom stereocenters. The number of nitrogens with zero attached hydrogens (tertiary/aromatic N) is 6. The maximum atomic E-state index is 10.5. The first-order valence-electron chi connectivity index (χ1n) is 21.6. The number of alkyl halides is 1. The first-order chi connectivity index (χ1) is 33.8. The number of ether oxygens (including phenoxy) is 2. The number of amides is 1. The predicted molar refractivity (Wildman–Crippen MR) is 342 cm³/mol. The molecule has 2 aromatic heterocycles. The molecule has 2 saturated heterocycles. The minimum Gasteiger partial charge on any atom is -0.497 e. The standard InChI is InChI=1S/2C7H8N2OS.C6H9BrO2.C5H9NS2.C4H8N2S.C4H7NOS.C4H7NS2.C3H5BrO2.C2H7NS.CH4.2ClH/c10-4-6-3-9-1-2-11-5-7(9)8-6;10-4-6-3-8-7-5-11-2-1-9(6)7;1-5(2)9-4-6(7)3-8;1-7-5-4-8-3-2-6-5;5-4-3-7-2-1-6-4;2*6-4-3-7-2-1-5-4;1-6-3(5)2-4;3-1-2-4;;;/h2*3-4H,1-2,5H2;3-5H,1-2H3;2-4H2,1H3;1-3H2,(H2,5,6);2*1-3H2,(H,5,6);2H2,1H3;4H,1-3H2;1H4;2*1H/b;;6-4-;;;;;;;;;. The van der Waals surface area contributed by atoms with E-state index in [4.69, 9.17) is 28.4 Å². The van der Waals surface area contributed by atoms with E-state index in [-0.39, 0.29) is 55.6 Å². The van der Waals surface area contributed by atoms with Crippen molar-refractivity contribution >= 4 is 210 Å². The van der Waals surface area contributed by atoms with E-state index in [2.05, 4.69) is 90.6 Å². The molecule has 0 spiro atoms. The molecule has 6 aliphatic rings. The van der Waals surface area contributed by atoms with Crippen LogP contribution in [0.15, 0.2) is 33.1 Å². The summed E-state index contributed by atoms with van der Waals surface area (Å²) in [6, 6.07) is 0. The van der Waals surface area contributed by atoms with E-state index in [1.807, 2.05) is 83.4 Å². The van der Waals surface area contributed by atoms with Crippen molar-refractivity contribution in [2.45, 2.75) is 52.0 Å². The zero-order valence-electron chi connectivity index (χ0n) is 40.9. The number of halogens is 4. The Labute approximate surface area is 503 Å². The van der Waals surface area contributed by atoms with Crippen LogP contribution in [0.1, 0.15) is 53.9 Å². The van der Waals surface area contributed by atoms with Gasteiger partial charge in [-0.2, -0.15) is 83.2 Å². The summed E-state index contributed by atoms with van der Waals surface area (Å²) >= 11 is 27.5. The summed E-state index contributed by atoms with van der Waals surface area (Å²) < 4.78 is 13.6. The van der Waals surface area contributed by atoms with Crippen molar-refractivity contribution in [3.8, 4) is 0 Å². The van der Waals surface area contributed by atoms with Gasteiger partial charge in [0.15, 0.2) is 18.9 Å². The van der Waals surface area contributed by atoms with E-state index < -0.39 is 0 Å². The van der Waals surface area contributed by atoms with E-state index in [1.165, 1.54) is 29.9 Å². The van der Waals surface area contributed by atoms with Crippen molar-refractivity contribution in [3.05, 3.63) is 46.2 Å². The van der Waals surface area contributed by atoms with Gasteiger partial charge in [-0.05, 0) is 36.0 Å². The van der Waals surface area contributed by atoms with Gasteiger partial charge >= 0.3 is 5.97 Å². The molecule has 6 N–H and O–H groups in total. The highest BCUT2D eigenvalue weighted by atomic mass is 79.9. The van der Waals surface area contributed by atoms with Crippen LogP contribution >= 0.6 is 164 Å². The largest absolute Gasteiger partial charge is 0.497 e. The number of hydrogen-bond acceptors (Lipinski definition) is 22. The number of carbonyl (C=O) groups excluding carboxylic acids is 5. The molecule has 0 saturated carbocycles. The molecule has 0 radical (unpaired) electrons. The fourth-order valence-electron chi connectivity index (χ4n) is 4.66. The van der Waals surface area contributed by atoms with Crippen LogP contribution < -0.4 is 22.1 Å². The molecule has 0 bridgehead atoms. The Morgan fingerprint density at radius 1 is 0.904 bits per heavy atom. The smallest absolute Gasteiger partial charge is 0.316 e. The lowest BCUT2D eigenvalue weighted by Crippen LogP contribution is -2.31. The number of imidazole rings is 2. The Bertz CT molecular complexity index is 1820. The number of thiocarbonyl (C=S) groups is 1. The molecule has 8 rings (SSSR count). The van der Waals surface area contributed by atoms with Crippen LogP contribution in [0.3, 0.4) is 0 Å². The summed E-state index contributed by atoms with van der Waals surface area (Å²) in [4.78, 5) is 68.6. The number of nitrogens with two attached hydrogens (primary N) is 2. The summed E-state index contributed by atoms with van der Waals surface area (Å²) in [7, 11) is 1.35. The number of aliphatic imine (C=N–C) groups is 2. The highest BCUT2D eigenvalue weighted by Crippen LogP contribution is 2.19. The number of amidine groups is 1. The summed E-state index contributed by atoms with van der Waals surface area (Å²) in [5.41, 5.74) is 11.6. The Morgan fingerprint density at radius 3 is 1.85 bits per heavy atom. The molecule has 2 aromatic rings. The van der Waals surface area contributed by atoms with Gasteiger partial charge in [-0.25, -0.2) is 9.97 Å². The van der Waals surface area contributed by atoms with Crippen molar-refractivity contribution in [2.24, 2.45) is 21.5 Å². The van der Waals surface area contributed by atoms with E-state index >= 15 is 0 Å². The van der Waals surface area contributed by atoms with Gasteiger partial charge < -0.3 is 40.7 Å². The third kappa shape index (κ3) is 43.9. The third-order valence-electron chi connectivity index (χ3n) is 7.91. The number of fused-ring (bicyclic) bond motifs is 2. The van der Waals surface area contributed by atoms with Crippen LogP contribution in [0.5, 0.6) is 0 Å². The van der Waals surface area contributed by atoms with Crippen LogP contribution in [0.2, 0.25) is 0 Å². The molecule has 0 unspecified atom stereocenters. The summed E-state index contributed by atoms with van der Waals surface area (Å²) in [6.07, 6.45) is 9.42. The molecule has 30 heteroatoms. The van der Waals surface area contributed by atoms with Crippen molar-refractivity contribution in [3.63, 3.8) is 0 Å². The van der Waals surface area contributed by atoms with Crippen molar-refractivity contribution in [1.29, 1.82) is 0 Å². The van der Waals surface area contributed by atoms with E-state index in [0.717, 1.165) is 132 Å². The average Bonchev–Trinajstić information content (AvgIpc) is 4.04. The number of thiol groups is 1. The van der Waals surface area contributed by atoms with Crippen molar-refractivity contribution in [1.82, 2.24) is 29.7 Å². The highest BCUT2D eigenvalue weighted by molar-refractivity contribution is 9.12. The molecule has 6 aliphatic heterocycles. The molecule has 73 heavy (non-hydrogen) atoms. The first-order valence-corrected chi connectivity index (χ1v) is 32.7. The predicted octanol–water partition coefficient (Wildman–Crippen LogP) is 7.73. The monoisotopic (exact) mass is 1360 g/mol. The second kappa shape index (κ2) is 54.6.